The largest absolute Gasteiger partial charge is 0.381 e. The molecule has 0 spiro atoms. The molecule has 0 aliphatic heterocycles. The average Bonchev–Trinajstić information content (AvgIpc) is 2.25. The van der Waals surface area contributed by atoms with Crippen LogP contribution in [-0.2, 0) is 0 Å². The third-order valence-electron chi connectivity index (χ3n) is 3.70. The first-order valence-corrected chi connectivity index (χ1v) is 7.35. The molecule has 2 rings (SSSR count). The Balaban J connectivity index is 2.05. The third-order valence-corrected chi connectivity index (χ3v) is 4.60. The van der Waals surface area contributed by atoms with Crippen molar-refractivity contribution in [3.05, 3.63) is 27.6 Å². The number of rotatable bonds is 2. The van der Waals surface area contributed by atoms with Crippen molar-refractivity contribution in [1.29, 1.82) is 0 Å². The van der Waals surface area contributed by atoms with Crippen molar-refractivity contribution in [2.75, 3.05) is 5.32 Å². The second-order valence-electron chi connectivity index (χ2n) is 5.27. The molecule has 0 aromatic heterocycles. The molecule has 1 aliphatic carbocycles. The zero-order valence-corrected chi connectivity index (χ0v) is 12.5. The third kappa shape index (κ3) is 3.33. The molecular formula is C14H19FIN. The fourth-order valence-corrected chi connectivity index (χ4v) is 3.32. The standard InChI is InChI=1S/C14H19FIN/c1-9-3-5-13(10(2)7-9)17-14-6-4-11(15)8-12(14)16/h4,6,8-10,13,17H,3,5,7H2,1-2H3. The minimum absolute atomic E-state index is 0.162. The summed E-state index contributed by atoms with van der Waals surface area (Å²) in [6, 6.07) is 5.49. The van der Waals surface area contributed by atoms with Crippen molar-refractivity contribution >= 4 is 28.3 Å². The van der Waals surface area contributed by atoms with Crippen LogP contribution >= 0.6 is 22.6 Å². The van der Waals surface area contributed by atoms with Gasteiger partial charge in [0.1, 0.15) is 5.82 Å². The first kappa shape index (κ1) is 13.1. The van der Waals surface area contributed by atoms with Crippen LogP contribution in [0.3, 0.4) is 0 Å². The van der Waals surface area contributed by atoms with E-state index in [1.165, 1.54) is 25.3 Å². The summed E-state index contributed by atoms with van der Waals surface area (Å²) in [4.78, 5) is 0. The van der Waals surface area contributed by atoms with E-state index in [1.54, 1.807) is 6.07 Å². The van der Waals surface area contributed by atoms with Crippen LogP contribution in [0, 0.1) is 21.2 Å². The molecule has 17 heavy (non-hydrogen) atoms. The van der Waals surface area contributed by atoms with E-state index in [9.17, 15) is 4.39 Å². The Hall–Kier alpha value is -0.320. The fraction of sp³-hybridized carbons (Fsp3) is 0.571. The predicted molar refractivity (Wildman–Crippen MR) is 78.7 cm³/mol. The van der Waals surface area contributed by atoms with Gasteiger partial charge in [0.05, 0.1) is 0 Å². The Morgan fingerprint density at radius 2 is 2.06 bits per heavy atom. The molecule has 3 heteroatoms. The van der Waals surface area contributed by atoms with Gasteiger partial charge in [0, 0.05) is 15.3 Å². The van der Waals surface area contributed by atoms with E-state index in [-0.39, 0.29) is 5.82 Å². The molecular weight excluding hydrogens is 328 g/mol. The molecule has 1 aliphatic rings. The predicted octanol–water partition coefficient (Wildman–Crippen LogP) is 4.67. The fourth-order valence-electron chi connectivity index (χ4n) is 2.69. The van der Waals surface area contributed by atoms with Gasteiger partial charge in [-0.2, -0.15) is 0 Å². The van der Waals surface area contributed by atoms with Crippen molar-refractivity contribution in [1.82, 2.24) is 0 Å². The van der Waals surface area contributed by atoms with E-state index in [2.05, 4.69) is 41.8 Å². The Bertz CT molecular complexity index is 394. The molecule has 0 saturated heterocycles. The number of halogens is 2. The lowest BCUT2D eigenvalue weighted by Crippen LogP contribution is -2.33. The minimum Gasteiger partial charge on any atom is -0.381 e. The molecule has 1 aromatic carbocycles. The van der Waals surface area contributed by atoms with Gasteiger partial charge in [0.2, 0.25) is 0 Å². The SMILES string of the molecule is CC1CCC(Nc2ccc(F)cc2I)C(C)C1. The van der Waals surface area contributed by atoms with Gasteiger partial charge in [0.15, 0.2) is 0 Å². The smallest absolute Gasteiger partial charge is 0.124 e. The highest BCUT2D eigenvalue weighted by Gasteiger charge is 2.25. The Morgan fingerprint density at radius 1 is 1.29 bits per heavy atom. The van der Waals surface area contributed by atoms with E-state index in [1.807, 2.05) is 6.07 Å². The van der Waals surface area contributed by atoms with E-state index >= 15 is 0 Å². The summed E-state index contributed by atoms with van der Waals surface area (Å²) in [5, 5.41) is 3.57. The topological polar surface area (TPSA) is 12.0 Å². The molecule has 3 unspecified atom stereocenters. The average molecular weight is 347 g/mol. The van der Waals surface area contributed by atoms with Gasteiger partial charge < -0.3 is 5.32 Å². The molecule has 94 valence electrons. The number of anilines is 1. The Morgan fingerprint density at radius 3 is 2.71 bits per heavy atom. The molecule has 0 radical (unpaired) electrons. The molecule has 0 heterocycles. The molecule has 1 saturated carbocycles. The molecule has 0 bridgehead atoms. The summed E-state index contributed by atoms with van der Waals surface area (Å²) in [6.45, 7) is 4.64. The summed E-state index contributed by atoms with van der Waals surface area (Å²) in [5.74, 6) is 1.38. The van der Waals surface area contributed by atoms with Crippen LogP contribution in [0.25, 0.3) is 0 Å². The van der Waals surface area contributed by atoms with Gasteiger partial charge >= 0.3 is 0 Å². The Kier molecular flexibility index (Phi) is 4.28. The lowest BCUT2D eigenvalue weighted by Gasteiger charge is -2.34. The van der Waals surface area contributed by atoms with Crippen molar-refractivity contribution in [3.63, 3.8) is 0 Å². The number of hydrogen-bond donors (Lipinski definition) is 1. The second-order valence-corrected chi connectivity index (χ2v) is 6.43. The van der Waals surface area contributed by atoms with Gasteiger partial charge in [-0.1, -0.05) is 13.8 Å². The van der Waals surface area contributed by atoms with Gasteiger partial charge in [-0.15, -0.1) is 0 Å². The van der Waals surface area contributed by atoms with Gasteiger partial charge in [0.25, 0.3) is 0 Å². The van der Waals surface area contributed by atoms with Crippen molar-refractivity contribution in [2.24, 2.45) is 11.8 Å². The highest BCUT2D eigenvalue weighted by molar-refractivity contribution is 14.1. The molecule has 0 amide bonds. The van der Waals surface area contributed by atoms with Crippen LogP contribution in [-0.4, -0.2) is 6.04 Å². The molecule has 1 aromatic rings. The summed E-state index contributed by atoms with van der Waals surface area (Å²) in [7, 11) is 0. The number of nitrogens with one attached hydrogen (secondary N) is 1. The van der Waals surface area contributed by atoms with Crippen LogP contribution in [0.5, 0.6) is 0 Å². The van der Waals surface area contributed by atoms with Crippen LogP contribution in [0.15, 0.2) is 18.2 Å². The highest BCUT2D eigenvalue weighted by atomic mass is 127. The van der Waals surface area contributed by atoms with E-state index in [0.29, 0.717) is 12.0 Å². The summed E-state index contributed by atoms with van der Waals surface area (Å²) < 4.78 is 14.0. The Labute approximate surface area is 116 Å². The summed E-state index contributed by atoms with van der Waals surface area (Å²) in [5.41, 5.74) is 1.07. The van der Waals surface area contributed by atoms with Gasteiger partial charge in [-0.3, -0.25) is 0 Å². The van der Waals surface area contributed by atoms with Gasteiger partial charge in [-0.25, -0.2) is 4.39 Å². The van der Waals surface area contributed by atoms with Crippen LogP contribution in [0.1, 0.15) is 33.1 Å². The number of hydrogen-bond acceptors (Lipinski definition) is 1. The minimum atomic E-state index is -0.162. The first-order valence-electron chi connectivity index (χ1n) is 6.28. The van der Waals surface area contributed by atoms with Crippen molar-refractivity contribution in [3.8, 4) is 0 Å². The molecule has 1 N–H and O–H groups in total. The first-order chi connectivity index (χ1) is 8.06. The van der Waals surface area contributed by atoms with Crippen molar-refractivity contribution < 1.29 is 4.39 Å². The second kappa shape index (κ2) is 5.55. The molecule has 1 fully saturated rings. The van der Waals surface area contributed by atoms with E-state index in [0.717, 1.165) is 15.2 Å². The number of benzene rings is 1. The van der Waals surface area contributed by atoms with E-state index < -0.39 is 0 Å². The van der Waals surface area contributed by atoms with Crippen LogP contribution in [0.2, 0.25) is 0 Å². The zero-order chi connectivity index (χ0) is 12.4. The lowest BCUT2D eigenvalue weighted by atomic mass is 9.80. The van der Waals surface area contributed by atoms with Crippen molar-refractivity contribution in [2.45, 2.75) is 39.2 Å². The quantitative estimate of drug-likeness (QED) is 0.767. The monoisotopic (exact) mass is 347 g/mol. The molecule has 3 atom stereocenters. The van der Waals surface area contributed by atoms with Crippen LogP contribution < -0.4 is 5.32 Å². The molecule has 1 nitrogen and oxygen atoms in total. The summed E-state index contributed by atoms with van der Waals surface area (Å²) >= 11 is 2.19. The lowest BCUT2D eigenvalue weighted by molar-refractivity contribution is 0.276. The van der Waals surface area contributed by atoms with Crippen LogP contribution in [0.4, 0.5) is 10.1 Å². The zero-order valence-electron chi connectivity index (χ0n) is 10.3. The van der Waals surface area contributed by atoms with E-state index in [4.69, 9.17) is 0 Å². The normalized spacial score (nSPS) is 29.1. The maximum absolute atomic E-state index is 13.0. The maximum atomic E-state index is 13.0. The van der Waals surface area contributed by atoms with Gasteiger partial charge in [-0.05, 0) is 71.9 Å². The highest BCUT2D eigenvalue weighted by Crippen LogP contribution is 2.31. The summed E-state index contributed by atoms with van der Waals surface area (Å²) in [6.07, 6.45) is 3.80. The maximum Gasteiger partial charge on any atom is 0.124 e.